The molecular formula is C21H22FN3O2. The lowest BCUT2D eigenvalue weighted by atomic mass is 10.0. The Balaban J connectivity index is 1.28. The fourth-order valence-corrected chi connectivity index (χ4v) is 3.98. The number of nitrogens with zero attached hydrogens (tertiary/aromatic N) is 2. The number of benzene rings is 1. The summed E-state index contributed by atoms with van der Waals surface area (Å²) < 4.78 is 13.0. The van der Waals surface area contributed by atoms with Gasteiger partial charge in [0, 0.05) is 43.4 Å². The van der Waals surface area contributed by atoms with E-state index < -0.39 is 0 Å². The number of likely N-dealkylation sites (tertiary alicyclic amines) is 1. The maximum atomic E-state index is 13.0. The highest BCUT2D eigenvalue weighted by atomic mass is 19.1. The first-order valence-electron chi connectivity index (χ1n) is 9.25. The Morgan fingerprint density at radius 2 is 1.89 bits per heavy atom. The van der Waals surface area contributed by atoms with Gasteiger partial charge in [0.05, 0.1) is 6.42 Å². The molecule has 0 unspecified atom stereocenters. The van der Waals surface area contributed by atoms with Crippen molar-refractivity contribution in [1.29, 1.82) is 0 Å². The van der Waals surface area contributed by atoms with Crippen molar-refractivity contribution in [2.24, 2.45) is 11.3 Å². The Morgan fingerprint density at radius 3 is 2.63 bits per heavy atom. The van der Waals surface area contributed by atoms with Crippen molar-refractivity contribution in [2.45, 2.75) is 25.8 Å². The van der Waals surface area contributed by atoms with Gasteiger partial charge in [-0.3, -0.25) is 14.6 Å². The van der Waals surface area contributed by atoms with Gasteiger partial charge in [0.25, 0.3) is 0 Å². The van der Waals surface area contributed by atoms with Gasteiger partial charge in [-0.25, -0.2) is 4.39 Å². The van der Waals surface area contributed by atoms with E-state index in [9.17, 15) is 14.0 Å². The highest BCUT2D eigenvalue weighted by Crippen LogP contribution is 2.58. The van der Waals surface area contributed by atoms with Crippen LogP contribution in [0.3, 0.4) is 0 Å². The number of pyridine rings is 1. The van der Waals surface area contributed by atoms with Gasteiger partial charge in [0.2, 0.25) is 11.8 Å². The summed E-state index contributed by atoms with van der Waals surface area (Å²) in [5, 5.41) is 3.00. The molecule has 1 aromatic carbocycles. The van der Waals surface area contributed by atoms with Crippen LogP contribution >= 0.6 is 0 Å². The molecule has 27 heavy (non-hydrogen) atoms. The third-order valence-corrected chi connectivity index (χ3v) is 5.73. The first kappa shape index (κ1) is 17.6. The zero-order chi connectivity index (χ0) is 18.9. The normalized spacial score (nSPS) is 23.4. The zero-order valence-electron chi connectivity index (χ0n) is 15.0. The Kier molecular flexibility index (Phi) is 4.64. The average Bonchev–Trinajstić information content (AvgIpc) is 3.22. The first-order valence-corrected chi connectivity index (χ1v) is 9.25. The zero-order valence-corrected chi connectivity index (χ0v) is 15.0. The molecule has 2 amide bonds. The molecule has 1 aromatic heterocycles. The summed E-state index contributed by atoms with van der Waals surface area (Å²) >= 11 is 0. The average molecular weight is 367 g/mol. The molecule has 2 aliphatic rings. The molecule has 1 N–H and O–H groups in total. The molecule has 2 heterocycles. The number of carbonyl (C=O) groups is 2. The number of halogens is 1. The molecule has 1 aliphatic heterocycles. The number of amides is 2. The van der Waals surface area contributed by atoms with Crippen molar-refractivity contribution in [3.05, 3.63) is 65.7 Å². The second-order valence-electron chi connectivity index (χ2n) is 7.56. The number of hydrogen-bond donors (Lipinski definition) is 1. The monoisotopic (exact) mass is 367 g/mol. The van der Waals surface area contributed by atoms with Crippen LogP contribution in [0.5, 0.6) is 0 Å². The SMILES string of the molecule is O=C(NCc1ccncc1)[C@H]1C[C@@]12CCN(C(=O)Cc1ccc(F)cc1)C2. The second-order valence-corrected chi connectivity index (χ2v) is 7.56. The fraction of sp³-hybridized carbons (Fsp3) is 0.381. The predicted molar refractivity (Wildman–Crippen MR) is 97.9 cm³/mol. The maximum absolute atomic E-state index is 13.0. The van der Waals surface area contributed by atoms with Gasteiger partial charge in [-0.1, -0.05) is 12.1 Å². The van der Waals surface area contributed by atoms with Crippen LogP contribution in [0.1, 0.15) is 24.0 Å². The van der Waals surface area contributed by atoms with E-state index in [4.69, 9.17) is 0 Å². The molecule has 0 bridgehead atoms. The molecule has 1 spiro atoms. The quantitative estimate of drug-likeness (QED) is 0.882. The summed E-state index contributed by atoms with van der Waals surface area (Å²) in [4.78, 5) is 30.8. The van der Waals surface area contributed by atoms with Crippen LogP contribution in [0.25, 0.3) is 0 Å². The van der Waals surface area contributed by atoms with Crippen LogP contribution in [-0.2, 0) is 22.6 Å². The van der Waals surface area contributed by atoms with E-state index >= 15 is 0 Å². The minimum Gasteiger partial charge on any atom is -0.352 e. The van der Waals surface area contributed by atoms with Crippen molar-refractivity contribution < 1.29 is 14.0 Å². The van der Waals surface area contributed by atoms with Crippen molar-refractivity contribution in [2.75, 3.05) is 13.1 Å². The van der Waals surface area contributed by atoms with Crippen LogP contribution in [0.2, 0.25) is 0 Å². The summed E-state index contributed by atoms with van der Waals surface area (Å²) in [5.74, 6) is -0.200. The summed E-state index contributed by atoms with van der Waals surface area (Å²) in [6.07, 6.45) is 5.41. The number of rotatable bonds is 5. The number of hydrogen-bond acceptors (Lipinski definition) is 3. The molecule has 1 saturated carbocycles. The number of nitrogens with one attached hydrogen (secondary N) is 1. The topological polar surface area (TPSA) is 62.3 Å². The highest BCUT2D eigenvalue weighted by Gasteiger charge is 2.61. The first-order chi connectivity index (χ1) is 13.1. The molecule has 2 atom stereocenters. The van der Waals surface area contributed by atoms with Crippen LogP contribution in [0.15, 0.2) is 48.8 Å². The van der Waals surface area contributed by atoms with Crippen molar-refractivity contribution in [3.63, 3.8) is 0 Å². The van der Waals surface area contributed by atoms with Gasteiger partial charge in [-0.15, -0.1) is 0 Å². The molecule has 1 aliphatic carbocycles. The molecule has 6 heteroatoms. The van der Waals surface area contributed by atoms with E-state index in [1.54, 1.807) is 24.5 Å². The molecule has 4 rings (SSSR count). The van der Waals surface area contributed by atoms with E-state index in [0.29, 0.717) is 19.6 Å². The van der Waals surface area contributed by atoms with Gasteiger partial charge in [0.1, 0.15) is 5.82 Å². The lowest BCUT2D eigenvalue weighted by molar-refractivity contribution is -0.130. The van der Waals surface area contributed by atoms with Crippen molar-refractivity contribution in [3.8, 4) is 0 Å². The fourth-order valence-electron chi connectivity index (χ4n) is 3.98. The Labute approximate surface area is 157 Å². The predicted octanol–water partition coefficient (Wildman–Crippen LogP) is 2.32. The molecule has 5 nitrogen and oxygen atoms in total. The van der Waals surface area contributed by atoms with E-state index in [0.717, 1.165) is 24.0 Å². The Hall–Kier alpha value is -2.76. The summed E-state index contributed by atoms with van der Waals surface area (Å²) in [5.41, 5.74) is 1.78. The van der Waals surface area contributed by atoms with Gasteiger partial charge in [-0.2, -0.15) is 0 Å². The largest absolute Gasteiger partial charge is 0.352 e. The summed E-state index contributed by atoms with van der Waals surface area (Å²) in [6.45, 7) is 1.83. The smallest absolute Gasteiger partial charge is 0.227 e. The Morgan fingerprint density at radius 1 is 1.15 bits per heavy atom. The third-order valence-electron chi connectivity index (χ3n) is 5.73. The van der Waals surface area contributed by atoms with Gasteiger partial charge < -0.3 is 10.2 Å². The van der Waals surface area contributed by atoms with E-state index in [-0.39, 0.29) is 35.4 Å². The molecular weight excluding hydrogens is 345 g/mol. The minimum absolute atomic E-state index is 0.0111. The minimum atomic E-state index is -0.301. The van der Waals surface area contributed by atoms with Gasteiger partial charge in [-0.05, 0) is 48.2 Å². The van der Waals surface area contributed by atoms with E-state index in [1.165, 1.54) is 12.1 Å². The Bertz CT molecular complexity index is 840. The van der Waals surface area contributed by atoms with E-state index in [1.807, 2.05) is 17.0 Å². The lowest BCUT2D eigenvalue weighted by Crippen LogP contribution is -2.32. The van der Waals surface area contributed by atoms with Crippen LogP contribution in [0, 0.1) is 17.2 Å². The van der Waals surface area contributed by atoms with Gasteiger partial charge >= 0.3 is 0 Å². The summed E-state index contributed by atoms with van der Waals surface area (Å²) in [6, 6.07) is 9.80. The lowest BCUT2D eigenvalue weighted by Gasteiger charge is -2.17. The molecule has 0 radical (unpaired) electrons. The summed E-state index contributed by atoms with van der Waals surface area (Å²) in [7, 11) is 0. The van der Waals surface area contributed by atoms with E-state index in [2.05, 4.69) is 10.3 Å². The number of carbonyl (C=O) groups excluding carboxylic acids is 2. The standard InChI is InChI=1S/C21H22FN3O2/c22-17-3-1-15(2-4-17)11-19(26)25-10-7-21(14-25)12-18(21)20(27)24-13-16-5-8-23-9-6-16/h1-6,8-9,18H,7,10-14H2,(H,24,27)/t18-,21-/m1/s1. The van der Waals surface area contributed by atoms with Crippen LogP contribution < -0.4 is 5.32 Å². The van der Waals surface area contributed by atoms with Crippen LogP contribution in [-0.4, -0.2) is 34.8 Å². The maximum Gasteiger partial charge on any atom is 0.227 e. The van der Waals surface area contributed by atoms with Crippen molar-refractivity contribution >= 4 is 11.8 Å². The van der Waals surface area contributed by atoms with Gasteiger partial charge in [0.15, 0.2) is 0 Å². The molecule has 2 aromatic rings. The highest BCUT2D eigenvalue weighted by molar-refractivity contribution is 5.84. The molecule has 140 valence electrons. The van der Waals surface area contributed by atoms with Crippen molar-refractivity contribution in [1.82, 2.24) is 15.2 Å². The second kappa shape index (κ2) is 7.10. The third kappa shape index (κ3) is 3.84. The molecule has 2 fully saturated rings. The number of aromatic nitrogens is 1. The van der Waals surface area contributed by atoms with Crippen LogP contribution in [0.4, 0.5) is 4.39 Å². The molecule has 1 saturated heterocycles.